The molecular formula is C12H26N2S. The molecule has 15 heavy (non-hydrogen) atoms. The molecule has 1 aliphatic heterocycles. The van der Waals surface area contributed by atoms with Crippen LogP contribution in [0.5, 0.6) is 0 Å². The summed E-state index contributed by atoms with van der Waals surface area (Å²) in [5, 5.41) is 0. The monoisotopic (exact) mass is 230 g/mol. The van der Waals surface area contributed by atoms with Crippen LogP contribution in [-0.2, 0) is 0 Å². The molecule has 1 saturated heterocycles. The molecular weight excluding hydrogens is 204 g/mol. The Hall–Kier alpha value is 0.270. The second-order valence-corrected chi connectivity index (χ2v) is 5.87. The highest BCUT2D eigenvalue weighted by atomic mass is 32.2. The Bertz CT molecular complexity index is 154. The average Bonchev–Trinajstić information content (AvgIpc) is 2.20. The van der Waals surface area contributed by atoms with Crippen molar-refractivity contribution in [2.75, 3.05) is 51.3 Å². The average molecular weight is 230 g/mol. The zero-order chi connectivity index (χ0) is 11.1. The molecule has 0 spiro atoms. The molecule has 90 valence electrons. The van der Waals surface area contributed by atoms with Crippen molar-refractivity contribution in [2.24, 2.45) is 5.92 Å². The predicted molar refractivity (Wildman–Crippen MR) is 70.7 cm³/mol. The molecule has 0 aromatic rings. The van der Waals surface area contributed by atoms with Crippen LogP contribution in [0.25, 0.3) is 0 Å². The van der Waals surface area contributed by atoms with E-state index in [4.69, 9.17) is 0 Å². The van der Waals surface area contributed by atoms with Crippen molar-refractivity contribution >= 4 is 11.8 Å². The van der Waals surface area contributed by atoms with Crippen LogP contribution in [0.4, 0.5) is 0 Å². The maximum Gasteiger partial charge on any atom is 0.0110 e. The summed E-state index contributed by atoms with van der Waals surface area (Å²) in [7, 11) is 0. The molecule has 0 unspecified atom stereocenters. The van der Waals surface area contributed by atoms with Gasteiger partial charge in [0.05, 0.1) is 0 Å². The summed E-state index contributed by atoms with van der Waals surface area (Å²) in [6.07, 6.45) is 3.55. The molecule has 2 nitrogen and oxygen atoms in total. The molecule has 0 amide bonds. The summed E-state index contributed by atoms with van der Waals surface area (Å²) in [4.78, 5) is 5.22. The van der Waals surface area contributed by atoms with E-state index in [1.807, 2.05) is 11.8 Å². The Morgan fingerprint density at radius 1 is 1.07 bits per heavy atom. The zero-order valence-electron chi connectivity index (χ0n) is 10.5. The molecule has 1 rings (SSSR count). The van der Waals surface area contributed by atoms with Gasteiger partial charge < -0.3 is 9.80 Å². The molecule has 0 aromatic carbocycles. The van der Waals surface area contributed by atoms with Gasteiger partial charge >= 0.3 is 0 Å². The SMILES string of the molecule is CSCCCN1CCN(CC(C)C)CC1. The highest BCUT2D eigenvalue weighted by molar-refractivity contribution is 7.98. The van der Waals surface area contributed by atoms with E-state index < -0.39 is 0 Å². The fraction of sp³-hybridized carbons (Fsp3) is 1.00. The molecule has 0 saturated carbocycles. The van der Waals surface area contributed by atoms with Crippen LogP contribution in [0, 0.1) is 5.92 Å². The van der Waals surface area contributed by atoms with Gasteiger partial charge in [-0.3, -0.25) is 0 Å². The second kappa shape index (κ2) is 7.53. The van der Waals surface area contributed by atoms with Crippen molar-refractivity contribution in [2.45, 2.75) is 20.3 Å². The number of thioether (sulfide) groups is 1. The Labute approximate surface area is 99.4 Å². The van der Waals surface area contributed by atoms with Crippen LogP contribution < -0.4 is 0 Å². The van der Waals surface area contributed by atoms with E-state index in [0.717, 1.165) is 5.92 Å². The lowest BCUT2D eigenvalue weighted by atomic mass is 10.2. The van der Waals surface area contributed by atoms with Crippen LogP contribution in [0.2, 0.25) is 0 Å². The lowest BCUT2D eigenvalue weighted by molar-refractivity contribution is 0.123. The quantitative estimate of drug-likeness (QED) is 0.645. The van der Waals surface area contributed by atoms with Crippen LogP contribution in [0.3, 0.4) is 0 Å². The van der Waals surface area contributed by atoms with E-state index in [1.54, 1.807) is 0 Å². The second-order valence-electron chi connectivity index (χ2n) is 4.88. The van der Waals surface area contributed by atoms with Crippen LogP contribution in [0.15, 0.2) is 0 Å². The van der Waals surface area contributed by atoms with Gasteiger partial charge in [-0.15, -0.1) is 0 Å². The Morgan fingerprint density at radius 3 is 2.20 bits per heavy atom. The number of hydrogen-bond donors (Lipinski definition) is 0. The Balaban J connectivity index is 2.07. The third-order valence-corrected chi connectivity index (χ3v) is 3.61. The summed E-state index contributed by atoms with van der Waals surface area (Å²) < 4.78 is 0. The van der Waals surface area contributed by atoms with E-state index in [2.05, 4.69) is 29.9 Å². The summed E-state index contributed by atoms with van der Waals surface area (Å²) in [5.74, 6) is 2.12. The number of rotatable bonds is 6. The van der Waals surface area contributed by atoms with Gasteiger partial charge in [0.1, 0.15) is 0 Å². The summed E-state index contributed by atoms with van der Waals surface area (Å²) in [5.41, 5.74) is 0. The fourth-order valence-electron chi connectivity index (χ4n) is 2.14. The van der Waals surface area contributed by atoms with Crippen molar-refractivity contribution in [3.63, 3.8) is 0 Å². The van der Waals surface area contributed by atoms with Gasteiger partial charge in [-0.1, -0.05) is 13.8 Å². The molecule has 1 aliphatic rings. The maximum atomic E-state index is 2.62. The Morgan fingerprint density at radius 2 is 1.67 bits per heavy atom. The third-order valence-electron chi connectivity index (χ3n) is 2.91. The molecule has 0 aromatic heterocycles. The largest absolute Gasteiger partial charge is 0.301 e. The normalized spacial score (nSPS) is 20.0. The van der Waals surface area contributed by atoms with Gasteiger partial charge in [0.2, 0.25) is 0 Å². The van der Waals surface area contributed by atoms with E-state index in [0.29, 0.717) is 0 Å². The van der Waals surface area contributed by atoms with E-state index in [9.17, 15) is 0 Å². The molecule has 0 atom stereocenters. The topological polar surface area (TPSA) is 6.48 Å². The van der Waals surface area contributed by atoms with Crippen molar-refractivity contribution in [3.8, 4) is 0 Å². The van der Waals surface area contributed by atoms with Gasteiger partial charge in [-0.2, -0.15) is 11.8 Å². The standard InChI is InChI=1S/C12H26N2S/c1-12(2)11-14-8-6-13(7-9-14)5-4-10-15-3/h12H,4-11H2,1-3H3. The van der Waals surface area contributed by atoms with Crippen molar-refractivity contribution in [1.82, 2.24) is 9.80 Å². The Kier molecular flexibility index (Phi) is 6.69. The predicted octanol–water partition coefficient (Wildman–Crippen LogP) is 2.01. The molecule has 1 fully saturated rings. The first kappa shape index (κ1) is 13.3. The summed E-state index contributed by atoms with van der Waals surface area (Å²) >= 11 is 1.96. The fourth-order valence-corrected chi connectivity index (χ4v) is 2.56. The highest BCUT2D eigenvalue weighted by Gasteiger charge is 2.16. The van der Waals surface area contributed by atoms with Gasteiger partial charge in [-0.05, 0) is 30.9 Å². The van der Waals surface area contributed by atoms with Crippen molar-refractivity contribution < 1.29 is 0 Å². The van der Waals surface area contributed by atoms with E-state index >= 15 is 0 Å². The third kappa shape index (κ3) is 5.79. The van der Waals surface area contributed by atoms with Crippen LogP contribution in [-0.4, -0.2) is 61.1 Å². The van der Waals surface area contributed by atoms with E-state index in [1.165, 1.54) is 51.4 Å². The molecule has 1 heterocycles. The van der Waals surface area contributed by atoms with Gasteiger partial charge in [0.15, 0.2) is 0 Å². The van der Waals surface area contributed by atoms with Crippen molar-refractivity contribution in [3.05, 3.63) is 0 Å². The number of hydrogen-bond acceptors (Lipinski definition) is 3. The highest BCUT2D eigenvalue weighted by Crippen LogP contribution is 2.06. The lowest BCUT2D eigenvalue weighted by Gasteiger charge is -2.35. The summed E-state index contributed by atoms with van der Waals surface area (Å²) in [6.45, 7) is 12.3. The lowest BCUT2D eigenvalue weighted by Crippen LogP contribution is -2.47. The molecule has 0 aliphatic carbocycles. The first-order chi connectivity index (χ1) is 7.22. The molecule has 0 bridgehead atoms. The first-order valence-electron chi connectivity index (χ1n) is 6.16. The van der Waals surface area contributed by atoms with Crippen LogP contribution in [0.1, 0.15) is 20.3 Å². The van der Waals surface area contributed by atoms with Gasteiger partial charge in [0.25, 0.3) is 0 Å². The molecule has 0 radical (unpaired) electrons. The summed E-state index contributed by atoms with van der Waals surface area (Å²) in [6, 6.07) is 0. The maximum absolute atomic E-state index is 2.62. The number of piperazine rings is 1. The molecule has 0 N–H and O–H groups in total. The zero-order valence-corrected chi connectivity index (χ0v) is 11.4. The molecule has 3 heteroatoms. The minimum absolute atomic E-state index is 0.813. The minimum atomic E-state index is 0.813. The minimum Gasteiger partial charge on any atom is -0.301 e. The number of nitrogens with zero attached hydrogens (tertiary/aromatic N) is 2. The first-order valence-corrected chi connectivity index (χ1v) is 7.55. The van der Waals surface area contributed by atoms with Crippen molar-refractivity contribution in [1.29, 1.82) is 0 Å². The van der Waals surface area contributed by atoms with E-state index in [-0.39, 0.29) is 0 Å². The smallest absolute Gasteiger partial charge is 0.0110 e. The van der Waals surface area contributed by atoms with Gasteiger partial charge in [-0.25, -0.2) is 0 Å². The van der Waals surface area contributed by atoms with Crippen LogP contribution >= 0.6 is 11.8 Å². The van der Waals surface area contributed by atoms with Gasteiger partial charge in [0, 0.05) is 32.7 Å².